The van der Waals surface area contributed by atoms with Gasteiger partial charge in [-0.15, -0.1) is 11.3 Å². The molecule has 2 aromatic heterocycles. The van der Waals surface area contributed by atoms with Crippen LogP contribution >= 0.6 is 11.3 Å². The molecule has 96 valence electrons. The number of nitrogens with zero attached hydrogens (tertiary/aromatic N) is 1. The zero-order valence-electron chi connectivity index (χ0n) is 9.97. The standard InChI is InChI=1S/C13H16FN3S/c14-11-7-10(8-16-9-11)13(17-15)5-1-3-12-4-2-6-18-12/h2,4,6-9,13,17H,1,3,5,15H2. The predicted molar refractivity (Wildman–Crippen MR) is 71.5 cm³/mol. The van der Waals surface area contributed by atoms with Gasteiger partial charge in [0, 0.05) is 17.1 Å². The molecule has 0 spiro atoms. The minimum absolute atomic E-state index is 0.0480. The molecule has 0 aliphatic rings. The van der Waals surface area contributed by atoms with Crippen LogP contribution in [0.2, 0.25) is 0 Å². The summed E-state index contributed by atoms with van der Waals surface area (Å²) in [7, 11) is 0. The fraction of sp³-hybridized carbons (Fsp3) is 0.308. The Morgan fingerprint density at radius 3 is 3.00 bits per heavy atom. The highest BCUT2D eigenvalue weighted by molar-refractivity contribution is 7.09. The van der Waals surface area contributed by atoms with Crippen molar-refractivity contribution >= 4 is 11.3 Å². The van der Waals surface area contributed by atoms with Gasteiger partial charge >= 0.3 is 0 Å². The summed E-state index contributed by atoms with van der Waals surface area (Å²) in [4.78, 5) is 5.21. The highest BCUT2D eigenvalue weighted by Gasteiger charge is 2.10. The van der Waals surface area contributed by atoms with Crippen molar-refractivity contribution in [2.45, 2.75) is 25.3 Å². The Bertz CT molecular complexity index is 473. The van der Waals surface area contributed by atoms with Crippen LogP contribution in [0.1, 0.15) is 29.3 Å². The average Bonchev–Trinajstić information content (AvgIpc) is 2.88. The molecule has 2 rings (SSSR count). The Balaban J connectivity index is 1.89. The number of halogens is 1. The molecule has 3 N–H and O–H groups in total. The van der Waals surface area contributed by atoms with Crippen LogP contribution in [0, 0.1) is 5.82 Å². The molecule has 0 aliphatic heterocycles. The van der Waals surface area contributed by atoms with Gasteiger partial charge in [-0.1, -0.05) is 6.07 Å². The molecule has 1 atom stereocenters. The van der Waals surface area contributed by atoms with E-state index in [1.165, 1.54) is 17.1 Å². The third kappa shape index (κ3) is 3.60. The topological polar surface area (TPSA) is 50.9 Å². The van der Waals surface area contributed by atoms with Gasteiger partial charge in [0.25, 0.3) is 0 Å². The number of thiophene rings is 1. The maximum atomic E-state index is 13.1. The normalized spacial score (nSPS) is 12.6. The van der Waals surface area contributed by atoms with Crippen LogP contribution in [-0.4, -0.2) is 4.98 Å². The third-order valence-corrected chi connectivity index (χ3v) is 3.76. The van der Waals surface area contributed by atoms with Crippen molar-refractivity contribution in [3.8, 4) is 0 Å². The number of aromatic nitrogens is 1. The largest absolute Gasteiger partial charge is 0.271 e. The molecule has 0 fully saturated rings. The van der Waals surface area contributed by atoms with Crippen LogP contribution in [0.5, 0.6) is 0 Å². The van der Waals surface area contributed by atoms with E-state index >= 15 is 0 Å². The van der Waals surface area contributed by atoms with Gasteiger partial charge in [-0.3, -0.25) is 16.3 Å². The van der Waals surface area contributed by atoms with Crippen molar-refractivity contribution in [1.29, 1.82) is 0 Å². The van der Waals surface area contributed by atoms with Crippen LogP contribution in [0.15, 0.2) is 36.0 Å². The number of aryl methyl sites for hydroxylation is 1. The van der Waals surface area contributed by atoms with Gasteiger partial charge in [-0.05, 0) is 42.3 Å². The first kappa shape index (κ1) is 13.1. The van der Waals surface area contributed by atoms with Gasteiger partial charge in [0.2, 0.25) is 0 Å². The first-order valence-corrected chi connectivity index (χ1v) is 6.76. The van der Waals surface area contributed by atoms with Crippen LogP contribution in [0.4, 0.5) is 4.39 Å². The van der Waals surface area contributed by atoms with E-state index in [1.807, 2.05) is 0 Å². The molecule has 0 saturated heterocycles. The lowest BCUT2D eigenvalue weighted by atomic mass is 10.0. The lowest BCUT2D eigenvalue weighted by Crippen LogP contribution is -2.28. The van der Waals surface area contributed by atoms with Crippen LogP contribution < -0.4 is 11.3 Å². The summed E-state index contributed by atoms with van der Waals surface area (Å²) < 4.78 is 13.1. The van der Waals surface area contributed by atoms with Crippen LogP contribution in [0.25, 0.3) is 0 Å². The van der Waals surface area contributed by atoms with Crippen molar-refractivity contribution in [2.24, 2.45) is 5.84 Å². The summed E-state index contributed by atoms with van der Waals surface area (Å²) in [6.45, 7) is 0. The quantitative estimate of drug-likeness (QED) is 0.624. The van der Waals surface area contributed by atoms with E-state index < -0.39 is 0 Å². The Kier molecular flexibility index (Phi) is 4.81. The third-order valence-electron chi connectivity index (χ3n) is 2.83. The fourth-order valence-electron chi connectivity index (χ4n) is 1.90. The van der Waals surface area contributed by atoms with E-state index in [0.29, 0.717) is 0 Å². The highest BCUT2D eigenvalue weighted by atomic mass is 32.1. The zero-order valence-corrected chi connectivity index (χ0v) is 10.8. The second-order valence-corrected chi connectivity index (χ2v) is 5.16. The van der Waals surface area contributed by atoms with Crippen LogP contribution in [0.3, 0.4) is 0 Å². The average molecular weight is 265 g/mol. The van der Waals surface area contributed by atoms with Gasteiger partial charge in [-0.25, -0.2) is 4.39 Å². The predicted octanol–water partition coefficient (Wildman–Crippen LogP) is 2.81. The number of rotatable bonds is 6. The first-order valence-electron chi connectivity index (χ1n) is 5.88. The fourth-order valence-corrected chi connectivity index (χ4v) is 2.65. The lowest BCUT2D eigenvalue weighted by molar-refractivity contribution is 0.493. The maximum Gasteiger partial charge on any atom is 0.141 e. The maximum absolute atomic E-state index is 13.1. The second kappa shape index (κ2) is 6.58. The Morgan fingerprint density at radius 2 is 2.33 bits per heavy atom. The van der Waals surface area contributed by atoms with Crippen molar-refractivity contribution < 1.29 is 4.39 Å². The molecule has 0 aliphatic carbocycles. The molecule has 2 heterocycles. The molecule has 18 heavy (non-hydrogen) atoms. The molecule has 3 nitrogen and oxygen atoms in total. The Hall–Kier alpha value is -1.30. The van der Waals surface area contributed by atoms with E-state index in [-0.39, 0.29) is 11.9 Å². The molecule has 0 saturated carbocycles. The van der Waals surface area contributed by atoms with Crippen molar-refractivity contribution in [3.63, 3.8) is 0 Å². The zero-order chi connectivity index (χ0) is 12.8. The Labute approximate surface area is 110 Å². The number of pyridine rings is 1. The van der Waals surface area contributed by atoms with E-state index in [2.05, 4.69) is 27.9 Å². The monoisotopic (exact) mass is 265 g/mol. The summed E-state index contributed by atoms with van der Waals surface area (Å²) in [5, 5.41) is 2.07. The summed E-state index contributed by atoms with van der Waals surface area (Å²) in [5.74, 6) is 5.19. The Morgan fingerprint density at radius 1 is 1.44 bits per heavy atom. The van der Waals surface area contributed by atoms with Gasteiger partial charge in [-0.2, -0.15) is 0 Å². The molecule has 0 radical (unpaired) electrons. The van der Waals surface area contributed by atoms with Gasteiger partial charge < -0.3 is 0 Å². The SMILES string of the molecule is NNC(CCCc1cccs1)c1cncc(F)c1. The number of nitrogens with one attached hydrogen (secondary N) is 1. The molecule has 1 unspecified atom stereocenters. The number of hydrogen-bond donors (Lipinski definition) is 2. The highest BCUT2D eigenvalue weighted by Crippen LogP contribution is 2.20. The number of hydrogen-bond acceptors (Lipinski definition) is 4. The van der Waals surface area contributed by atoms with Crippen molar-refractivity contribution in [1.82, 2.24) is 10.4 Å². The van der Waals surface area contributed by atoms with Crippen LogP contribution in [-0.2, 0) is 6.42 Å². The summed E-state index contributed by atoms with van der Waals surface area (Å²) in [5.41, 5.74) is 3.52. The summed E-state index contributed by atoms with van der Waals surface area (Å²) in [6.07, 6.45) is 5.74. The second-order valence-electron chi connectivity index (χ2n) is 4.13. The minimum atomic E-state index is -0.328. The van der Waals surface area contributed by atoms with Crippen molar-refractivity contribution in [2.75, 3.05) is 0 Å². The van der Waals surface area contributed by atoms with E-state index in [1.54, 1.807) is 17.5 Å². The van der Waals surface area contributed by atoms with E-state index in [9.17, 15) is 4.39 Å². The minimum Gasteiger partial charge on any atom is -0.271 e. The van der Waals surface area contributed by atoms with Crippen molar-refractivity contribution in [3.05, 3.63) is 52.2 Å². The smallest absolute Gasteiger partial charge is 0.141 e. The first-order chi connectivity index (χ1) is 8.79. The summed E-state index contributed by atoms with van der Waals surface area (Å²) in [6, 6.07) is 5.60. The number of hydrazine groups is 1. The summed E-state index contributed by atoms with van der Waals surface area (Å²) >= 11 is 1.76. The molecular weight excluding hydrogens is 249 g/mol. The molecule has 0 bridgehead atoms. The lowest BCUT2D eigenvalue weighted by Gasteiger charge is -2.15. The molecular formula is C13H16FN3S. The molecule has 2 aromatic rings. The van der Waals surface area contributed by atoms with Gasteiger partial charge in [0.1, 0.15) is 5.82 Å². The van der Waals surface area contributed by atoms with Gasteiger partial charge in [0.15, 0.2) is 0 Å². The van der Waals surface area contributed by atoms with Gasteiger partial charge in [0.05, 0.1) is 6.20 Å². The van der Waals surface area contributed by atoms with E-state index in [0.717, 1.165) is 24.8 Å². The molecule has 0 amide bonds. The molecule has 5 heteroatoms. The van der Waals surface area contributed by atoms with E-state index in [4.69, 9.17) is 5.84 Å². The number of nitrogens with two attached hydrogens (primary N) is 1. The molecule has 0 aromatic carbocycles.